The molecule has 3 aromatic rings. The molecule has 3 nitrogen and oxygen atoms in total. The number of hydrogen-bond acceptors (Lipinski definition) is 2. The largest absolute Gasteiger partial charge is 0.296 e. The second kappa shape index (κ2) is 5.88. The SMILES string of the molecule is N#Cc1cccc2c1nc(CCCl)n2-c1cccc(Br)c1. The van der Waals surface area contributed by atoms with Crippen molar-refractivity contribution in [3.05, 3.63) is 58.3 Å². The van der Waals surface area contributed by atoms with Gasteiger partial charge in [0.15, 0.2) is 0 Å². The Balaban J connectivity index is 2.34. The maximum Gasteiger partial charge on any atom is 0.115 e. The van der Waals surface area contributed by atoms with Gasteiger partial charge in [0.25, 0.3) is 0 Å². The van der Waals surface area contributed by atoms with E-state index in [1.165, 1.54) is 0 Å². The molecule has 1 aromatic heterocycles. The summed E-state index contributed by atoms with van der Waals surface area (Å²) >= 11 is 9.39. The molecule has 5 heteroatoms. The minimum absolute atomic E-state index is 0.485. The summed E-state index contributed by atoms with van der Waals surface area (Å²) in [4.78, 5) is 4.62. The fourth-order valence-electron chi connectivity index (χ4n) is 2.39. The number of aryl methyl sites for hydroxylation is 1. The van der Waals surface area contributed by atoms with E-state index in [0.29, 0.717) is 17.9 Å². The molecule has 3 rings (SSSR count). The van der Waals surface area contributed by atoms with Crippen LogP contribution >= 0.6 is 27.5 Å². The van der Waals surface area contributed by atoms with Gasteiger partial charge in [-0.3, -0.25) is 4.57 Å². The average molecular weight is 361 g/mol. The van der Waals surface area contributed by atoms with E-state index < -0.39 is 0 Å². The third-order valence-corrected chi connectivity index (χ3v) is 3.94. The van der Waals surface area contributed by atoms with Gasteiger partial charge in [-0.15, -0.1) is 11.6 Å². The molecule has 2 aromatic carbocycles. The third-order valence-electron chi connectivity index (χ3n) is 3.26. The van der Waals surface area contributed by atoms with Crippen molar-refractivity contribution in [2.75, 3.05) is 5.88 Å². The van der Waals surface area contributed by atoms with E-state index in [4.69, 9.17) is 11.6 Å². The molecular formula is C16H11BrClN3. The van der Waals surface area contributed by atoms with Gasteiger partial charge in [0, 0.05) is 22.5 Å². The molecule has 0 unspecified atom stereocenters. The second-order valence-corrected chi connectivity index (χ2v) is 5.86. The third kappa shape index (κ3) is 2.55. The van der Waals surface area contributed by atoms with Gasteiger partial charge in [-0.25, -0.2) is 4.98 Å². The standard InChI is InChI=1S/C16H11BrClN3/c17-12-4-2-5-13(9-12)21-14-6-1-3-11(10-19)16(14)20-15(21)7-8-18/h1-6,9H,7-8H2. The Morgan fingerprint density at radius 1 is 1.24 bits per heavy atom. The molecule has 0 amide bonds. The van der Waals surface area contributed by atoms with Crippen LogP contribution in [0.5, 0.6) is 0 Å². The lowest BCUT2D eigenvalue weighted by Gasteiger charge is -2.09. The van der Waals surface area contributed by atoms with Crippen molar-refractivity contribution in [3.63, 3.8) is 0 Å². The van der Waals surface area contributed by atoms with Crippen LogP contribution in [-0.2, 0) is 6.42 Å². The van der Waals surface area contributed by atoms with Crippen LogP contribution in [0.15, 0.2) is 46.9 Å². The molecule has 0 fully saturated rings. The Morgan fingerprint density at radius 2 is 2.05 bits per heavy atom. The molecular weight excluding hydrogens is 350 g/mol. The number of nitriles is 1. The Bertz CT molecular complexity index is 848. The van der Waals surface area contributed by atoms with Crippen molar-refractivity contribution in [3.8, 4) is 11.8 Å². The Hall–Kier alpha value is -1.83. The van der Waals surface area contributed by atoms with Crippen LogP contribution in [-0.4, -0.2) is 15.4 Å². The maximum absolute atomic E-state index is 9.25. The normalized spacial score (nSPS) is 10.7. The fourth-order valence-corrected chi connectivity index (χ4v) is 2.95. The lowest BCUT2D eigenvalue weighted by atomic mass is 10.2. The van der Waals surface area contributed by atoms with Crippen molar-refractivity contribution in [1.82, 2.24) is 9.55 Å². The highest BCUT2D eigenvalue weighted by Crippen LogP contribution is 2.26. The van der Waals surface area contributed by atoms with Gasteiger partial charge in [-0.05, 0) is 30.3 Å². The molecule has 1 heterocycles. The Morgan fingerprint density at radius 3 is 2.76 bits per heavy atom. The molecule has 0 saturated heterocycles. The number of rotatable bonds is 3. The van der Waals surface area contributed by atoms with Crippen molar-refractivity contribution in [2.45, 2.75) is 6.42 Å². The molecule has 0 spiro atoms. The summed E-state index contributed by atoms with van der Waals surface area (Å²) in [6, 6.07) is 15.8. The van der Waals surface area contributed by atoms with Crippen LogP contribution in [0.2, 0.25) is 0 Å². The van der Waals surface area contributed by atoms with Gasteiger partial charge >= 0.3 is 0 Å². The molecule has 104 valence electrons. The second-order valence-electron chi connectivity index (χ2n) is 4.57. The number of imidazole rings is 1. The first-order valence-electron chi connectivity index (χ1n) is 6.47. The highest BCUT2D eigenvalue weighted by molar-refractivity contribution is 9.10. The minimum Gasteiger partial charge on any atom is -0.296 e. The summed E-state index contributed by atoms with van der Waals surface area (Å²) in [6.07, 6.45) is 0.646. The Labute approximate surface area is 135 Å². The molecule has 21 heavy (non-hydrogen) atoms. The van der Waals surface area contributed by atoms with Crippen LogP contribution in [0.4, 0.5) is 0 Å². The lowest BCUT2D eigenvalue weighted by molar-refractivity contribution is 0.912. The molecule has 0 N–H and O–H groups in total. The van der Waals surface area contributed by atoms with Gasteiger partial charge < -0.3 is 0 Å². The first-order valence-corrected chi connectivity index (χ1v) is 7.79. The highest BCUT2D eigenvalue weighted by atomic mass is 79.9. The van der Waals surface area contributed by atoms with Crippen LogP contribution < -0.4 is 0 Å². The summed E-state index contributed by atoms with van der Waals surface area (Å²) in [5.41, 5.74) is 3.23. The number of hydrogen-bond donors (Lipinski definition) is 0. The van der Waals surface area contributed by atoms with Gasteiger partial charge in [-0.1, -0.05) is 28.1 Å². The summed E-state index contributed by atoms with van der Waals surface area (Å²) in [5.74, 6) is 1.35. The molecule has 0 radical (unpaired) electrons. The predicted molar refractivity (Wildman–Crippen MR) is 87.9 cm³/mol. The quantitative estimate of drug-likeness (QED) is 0.648. The minimum atomic E-state index is 0.485. The number of halogens is 2. The van der Waals surface area contributed by atoms with Gasteiger partial charge in [0.05, 0.1) is 11.1 Å². The fraction of sp³-hybridized carbons (Fsp3) is 0.125. The van der Waals surface area contributed by atoms with Gasteiger partial charge in [0.2, 0.25) is 0 Å². The molecule has 0 aliphatic rings. The van der Waals surface area contributed by atoms with E-state index in [1.807, 2.05) is 36.4 Å². The smallest absolute Gasteiger partial charge is 0.115 e. The van der Waals surface area contributed by atoms with Crippen molar-refractivity contribution < 1.29 is 0 Å². The van der Waals surface area contributed by atoms with Gasteiger partial charge in [-0.2, -0.15) is 5.26 Å². The van der Waals surface area contributed by atoms with E-state index in [-0.39, 0.29) is 0 Å². The average Bonchev–Trinajstić information content (AvgIpc) is 2.85. The van der Waals surface area contributed by atoms with Crippen molar-refractivity contribution in [1.29, 1.82) is 5.26 Å². The van der Waals surface area contributed by atoms with E-state index in [2.05, 4.69) is 31.6 Å². The molecule has 0 bridgehead atoms. The van der Waals surface area contributed by atoms with Crippen LogP contribution in [0.3, 0.4) is 0 Å². The number of benzene rings is 2. The first kappa shape index (κ1) is 14.1. The van der Waals surface area contributed by atoms with Crippen LogP contribution in [0, 0.1) is 11.3 Å². The first-order chi connectivity index (χ1) is 10.2. The maximum atomic E-state index is 9.25. The summed E-state index contributed by atoms with van der Waals surface area (Å²) in [6.45, 7) is 0. The zero-order valence-electron chi connectivity index (χ0n) is 11.1. The molecule has 0 saturated carbocycles. The zero-order valence-corrected chi connectivity index (χ0v) is 13.4. The summed E-state index contributed by atoms with van der Waals surface area (Å²) < 4.78 is 3.05. The lowest BCUT2D eigenvalue weighted by Crippen LogP contribution is -2.02. The van der Waals surface area contributed by atoms with Crippen molar-refractivity contribution in [2.24, 2.45) is 0 Å². The number of alkyl halides is 1. The van der Waals surface area contributed by atoms with Crippen LogP contribution in [0.25, 0.3) is 16.7 Å². The predicted octanol–water partition coefficient (Wildman–Crippen LogP) is 4.44. The van der Waals surface area contributed by atoms with E-state index in [0.717, 1.165) is 27.0 Å². The molecule has 0 atom stereocenters. The monoisotopic (exact) mass is 359 g/mol. The van der Waals surface area contributed by atoms with Crippen molar-refractivity contribution >= 4 is 38.6 Å². The number of aromatic nitrogens is 2. The van der Waals surface area contributed by atoms with E-state index in [1.54, 1.807) is 6.07 Å². The van der Waals surface area contributed by atoms with Gasteiger partial charge in [0.1, 0.15) is 17.4 Å². The zero-order chi connectivity index (χ0) is 14.8. The summed E-state index contributed by atoms with van der Waals surface area (Å²) in [7, 11) is 0. The molecule has 0 aliphatic heterocycles. The number of para-hydroxylation sites is 1. The van der Waals surface area contributed by atoms with E-state index in [9.17, 15) is 5.26 Å². The molecule has 0 aliphatic carbocycles. The Kier molecular flexibility index (Phi) is 3.96. The van der Waals surface area contributed by atoms with Crippen LogP contribution in [0.1, 0.15) is 11.4 Å². The summed E-state index contributed by atoms with van der Waals surface area (Å²) in [5, 5.41) is 9.25. The van der Waals surface area contributed by atoms with E-state index >= 15 is 0 Å². The number of fused-ring (bicyclic) bond motifs is 1. The number of nitrogens with zero attached hydrogens (tertiary/aromatic N) is 3. The highest BCUT2D eigenvalue weighted by Gasteiger charge is 2.14. The topological polar surface area (TPSA) is 41.6 Å².